The summed E-state index contributed by atoms with van der Waals surface area (Å²) in [5.74, 6) is 0.462. The molecule has 0 bridgehead atoms. The Balaban J connectivity index is 1.55. The minimum Gasteiger partial charge on any atom is -0.488 e. The number of carbonyl (C=O) groups is 1. The third kappa shape index (κ3) is 5.13. The Morgan fingerprint density at radius 1 is 1.00 bits per heavy atom. The molecular formula is C24H18Cl2N2O2S. The number of halogens is 2. The normalized spacial score (nSPS) is 16.0. The summed E-state index contributed by atoms with van der Waals surface area (Å²) in [6, 6.07) is 20.6. The van der Waals surface area contributed by atoms with Crippen LogP contribution in [0.25, 0.3) is 6.08 Å². The van der Waals surface area contributed by atoms with E-state index in [0.717, 1.165) is 22.4 Å². The Kier molecular flexibility index (Phi) is 6.66. The standard InChI is InChI=1S/C24H18Cl2N2O2S/c1-15-18(25)10-6-11-20(15)27-24-28-23(29)22(31-24)13-16-7-3-5-12-21(16)30-14-17-8-2-4-9-19(17)26/h2-13H,14H2,1H3,(H,27,28,29)/b22-13+. The monoisotopic (exact) mass is 468 g/mol. The summed E-state index contributed by atoms with van der Waals surface area (Å²) < 4.78 is 5.99. The molecule has 1 fully saturated rings. The first-order valence-electron chi connectivity index (χ1n) is 9.51. The Labute approximate surface area is 194 Å². The highest BCUT2D eigenvalue weighted by Crippen LogP contribution is 2.33. The molecule has 3 aromatic carbocycles. The zero-order valence-electron chi connectivity index (χ0n) is 16.6. The lowest BCUT2D eigenvalue weighted by molar-refractivity contribution is -0.115. The van der Waals surface area contributed by atoms with E-state index in [9.17, 15) is 4.79 Å². The molecule has 3 aromatic rings. The predicted octanol–water partition coefficient (Wildman–Crippen LogP) is 6.77. The van der Waals surface area contributed by atoms with Crippen LogP contribution in [0.1, 0.15) is 16.7 Å². The van der Waals surface area contributed by atoms with E-state index in [2.05, 4.69) is 10.3 Å². The average Bonchev–Trinajstić information content (AvgIpc) is 3.10. The lowest BCUT2D eigenvalue weighted by Crippen LogP contribution is -2.19. The lowest BCUT2D eigenvalue weighted by atomic mass is 10.2. The van der Waals surface area contributed by atoms with Crippen molar-refractivity contribution < 1.29 is 9.53 Å². The topological polar surface area (TPSA) is 50.7 Å². The van der Waals surface area contributed by atoms with Gasteiger partial charge in [-0.3, -0.25) is 4.79 Å². The first-order chi connectivity index (χ1) is 15.0. The molecule has 4 rings (SSSR count). The highest BCUT2D eigenvalue weighted by Gasteiger charge is 2.24. The van der Waals surface area contributed by atoms with Gasteiger partial charge in [0.25, 0.3) is 5.91 Å². The van der Waals surface area contributed by atoms with Crippen molar-refractivity contribution >= 4 is 57.8 Å². The molecule has 0 saturated carbocycles. The molecule has 0 atom stereocenters. The van der Waals surface area contributed by atoms with Gasteiger partial charge in [0.2, 0.25) is 0 Å². The SMILES string of the molecule is Cc1c(Cl)cccc1N=C1NC(=O)/C(=C\c2ccccc2OCc2ccccc2Cl)S1. The van der Waals surface area contributed by atoms with Crippen LogP contribution in [0, 0.1) is 6.92 Å². The minimum atomic E-state index is -0.204. The van der Waals surface area contributed by atoms with Crippen LogP contribution in [0.15, 0.2) is 76.6 Å². The van der Waals surface area contributed by atoms with Gasteiger partial charge in [-0.25, -0.2) is 4.99 Å². The first kappa shape index (κ1) is 21.5. The highest BCUT2D eigenvalue weighted by molar-refractivity contribution is 8.18. The summed E-state index contributed by atoms with van der Waals surface area (Å²) in [4.78, 5) is 17.6. The third-order valence-electron chi connectivity index (χ3n) is 4.66. The van der Waals surface area contributed by atoms with E-state index in [1.54, 1.807) is 6.08 Å². The summed E-state index contributed by atoms with van der Waals surface area (Å²) in [7, 11) is 0. The van der Waals surface area contributed by atoms with Crippen molar-refractivity contribution in [2.75, 3.05) is 0 Å². The predicted molar refractivity (Wildman–Crippen MR) is 129 cm³/mol. The number of para-hydroxylation sites is 1. The molecule has 31 heavy (non-hydrogen) atoms. The Morgan fingerprint density at radius 2 is 1.74 bits per heavy atom. The number of amides is 1. The van der Waals surface area contributed by atoms with Crippen LogP contribution in [0.2, 0.25) is 10.0 Å². The number of nitrogens with zero attached hydrogens (tertiary/aromatic N) is 1. The average molecular weight is 469 g/mol. The molecule has 1 N–H and O–H groups in total. The van der Waals surface area contributed by atoms with E-state index in [4.69, 9.17) is 27.9 Å². The summed E-state index contributed by atoms with van der Waals surface area (Å²) in [6.07, 6.45) is 1.80. The number of thioether (sulfide) groups is 1. The fourth-order valence-electron chi connectivity index (χ4n) is 2.95. The zero-order chi connectivity index (χ0) is 21.8. The fourth-order valence-corrected chi connectivity index (χ4v) is 4.14. The van der Waals surface area contributed by atoms with Crippen molar-refractivity contribution in [3.05, 3.63) is 98.4 Å². The van der Waals surface area contributed by atoms with Gasteiger partial charge in [0, 0.05) is 21.2 Å². The Morgan fingerprint density at radius 3 is 2.58 bits per heavy atom. The van der Waals surface area contributed by atoms with E-state index in [0.29, 0.717) is 32.5 Å². The molecule has 156 valence electrons. The second kappa shape index (κ2) is 9.60. The molecule has 1 amide bonds. The van der Waals surface area contributed by atoms with E-state index in [-0.39, 0.29) is 5.91 Å². The van der Waals surface area contributed by atoms with Gasteiger partial charge in [-0.2, -0.15) is 0 Å². The zero-order valence-corrected chi connectivity index (χ0v) is 18.9. The fraction of sp³-hybridized carbons (Fsp3) is 0.0833. The van der Waals surface area contributed by atoms with Crippen LogP contribution in [-0.2, 0) is 11.4 Å². The van der Waals surface area contributed by atoms with Crippen LogP contribution in [0.5, 0.6) is 5.75 Å². The van der Waals surface area contributed by atoms with Gasteiger partial charge in [-0.1, -0.05) is 65.7 Å². The molecule has 1 aliphatic rings. The quantitative estimate of drug-likeness (QED) is 0.420. The molecule has 1 saturated heterocycles. The summed E-state index contributed by atoms with van der Waals surface area (Å²) in [5.41, 5.74) is 3.28. The number of nitrogens with one attached hydrogen (secondary N) is 1. The molecule has 1 aliphatic heterocycles. The van der Waals surface area contributed by atoms with E-state index in [1.807, 2.05) is 73.7 Å². The maximum Gasteiger partial charge on any atom is 0.264 e. The molecular weight excluding hydrogens is 451 g/mol. The second-order valence-corrected chi connectivity index (χ2v) is 8.63. The molecule has 0 aliphatic carbocycles. The number of benzene rings is 3. The van der Waals surface area contributed by atoms with Crippen molar-refractivity contribution in [1.29, 1.82) is 0 Å². The maximum atomic E-state index is 12.5. The molecule has 4 nitrogen and oxygen atoms in total. The van der Waals surface area contributed by atoms with Crippen molar-refractivity contribution in [3.8, 4) is 5.75 Å². The van der Waals surface area contributed by atoms with E-state index < -0.39 is 0 Å². The van der Waals surface area contributed by atoms with Crippen molar-refractivity contribution in [1.82, 2.24) is 5.32 Å². The van der Waals surface area contributed by atoms with Crippen LogP contribution in [-0.4, -0.2) is 11.1 Å². The van der Waals surface area contributed by atoms with Gasteiger partial charge in [-0.15, -0.1) is 0 Å². The largest absolute Gasteiger partial charge is 0.488 e. The van der Waals surface area contributed by atoms with Gasteiger partial charge in [0.1, 0.15) is 12.4 Å². The summed E-state index contributed by atoms with van der Waals surface area (Å²) in [6.45, 7) is 2.23. The molecule has 0 radical (unpaired) electrons. The summed E-state index contributed by atoms with van der Waals surface area (Å²) in [5, 5.41) is 4.61. The number of ether oxygens (including phenoxy) is 1. The maximum absolute atomic E-state index is 12.5. The number of rotatable bonds is 5. The van der Waals surface area contributed by atoms with Crippen molar-refractivity contribution in [2.45, 2.75) is 13.5 Å². The van der Waals surface area contributed by atoms with Crippen molar-refractivity contribution in [2.24, 2.45) is 4.99 Å². The Bertz CT molecular complexity index is 1210. The van der Waals surface area contributed by atoms with Gasteiger partial charge in [0.05, 0.1) is 10.6 Å². The van der Waals surface area contributed by atoms with Gasteiger partial charge in [0.15, 0.2) is 5.17 Å². The highest BCUT2D eigenvalue weighted by atomic mass is 35.5. The lowest BCUT2D eigenvalue weighted by Gasteiger charge is -2.10. The number of aliphatic imine (C=N–C) groups is 1. The first-order valence-corrected chi connectivity index (χ1v) is 11.1. The molecule has 0 spiro atoms. The number of hydrogen-bond acceptors (Lipinski definition) is 4. The molecule has 7 heteroatoms. The van der Waals surface area contributed by atoms with Crippen LogP contribution < -0.4 is 10.1 Å². The third-order valence-corrected chi connectivity index (χ3v) is 6.35. The second-order valence-electron chi connectivity index (χ2n) is 6.78. The van der Waals surface area contributed by atoms with Crippen molar-refractivity contribution in [3.63, 3.8) is 0 Å². The van der Waals surface area contributed by atoms with Crippen LogP contribution in [0.4, 0.5) is 5.69 Å². The molecule has 0 unspecified atom stereocenters. The minimum absolute atomic E-state index is 0.204. The number of hydrogen-bond donors (Lipinski definition) is 1. The van der Waals surface area contributed by atoms with Gasteiger partial charge in [-0.05, 0) is 54.6 Å². The number of amidine groups is 1. The number of carbonyl (C=O) groups excluding carboxylic acids is 1. The van der Waals surface area contributed by atoms with Gasteiger partial charge < -0.3 is 10.1 Å². The van der Waals surface area contributed by atoms with E-state index in [1.165, 1.54) is 11.8 Å². The Hall–Kier alpha value is -2.73. The van der Waals surface area contributed by atoms with E-state index >= 15 is 0 Å². The summed E-state index contributed by atoms with van der Waals surface area (Å²) >= 11 is 13.7. The van der Waals surface area contributed by atoms with Gasteiger partial charge >= 0.3 is 0 Å². The molecule has 0 aromatic heterocycles. The molecule has 1 heterocycles. The van der Waals surface area contributed by atoms with Crippen LogP contribution >= 0.6 is 35.0 Å². The smallest absolute Gasteiger partial charge is 0.264 e. The van der Waals surface area contributed by atoms with Crippen LogP contribution in [0.3, 0.4) is 0 Å².